The third-order valence-electron chi connectivity index (χ3n) is 7.73. The van der Waals surface area contributed by atoms with Gasteiger partial charge in [-0.3, -0.25) is 4.79 Å². The molecule has 8 nitrogen and oxygen atoms in total. The van der Waals surface area contributed by atoms with Crippen LogP contribution in [0.1, 0.15) is 96.4 Å². The van der Waals surface area contributed by atoms with Crippen molar-refractivity contribution in [2.45, 2.75) is 115 Å². The van der Waals surface area contributed by atoms with Crippen molar-refractivity contribution in [2.24, 2.45) is 5.41 Å². The van der Waals surface area contributed by atoms with Crippen molar-refractivity contribution in [1.29, 1.82) is 0 Å². The van der Waals surface area contributed by atoms with Crippen LogP contribution in [0.2, 0.25) is 0 Å². The Hall–Kier alpha value is -1.90. The fraction of sp³-hybridized carbons (Fsp3) is 0.786. The first kappa shape index (κ1) is 27.1. The van der Waals surface area contributed by atoms with Crippen molar-refractivity contribution in [2.75, 3.05) is 25.5 Å². The van der Waals surface area contributed by atoms with E-state index in [2.05, 4.69) is 49.7 Å². The zero-order valence-electron chi connectivity index (χ0n) is 22.8. The maximum atomic E-state index is 12.7. The van der Waals surface area contributed by atoms with Gasteiger partial charge in [0, 0.05) is 43.9 Å². The minimum Gasteiger partial charge on any atom is -0.483 e. The molecule has 4 rings (SSSR count). The van der Waals surface area contributed by atoms with Gasteiger partial charge in [-0.25, -0.2) is 4.98 Å². The van der Waals surface area contributed by atoms with E-state index in [1.54, 1.807) is 0 Å². The van der Waals surface area contributed by atoms with Crippen molar-refractivity contribution in [3.63, 3.8) is 0 Å². The van der Waals surface area contributed by atoms with E-state index in [0.717, 1.165) is 74.2 Å². The largest absolute Gasteiger partial charge is 0.483 e. The number of pyridine rings is 1. The summed E-state index contributed by atoms with van der Waals surface area (Å²) in [6, 6.07) is 1.92. The first-order valence-electron chi connectivity index (χ1n) is 13.9. The van der Waals surface area contributed by atoms with Crippen molar-refractivity contribution in [3.8, 4) is 5.75 Å². The molecule has 2 aliphatic heterocycles. The highest BCUT2D eigenvalue weighted by Gasteiger charge is 2.47. The zero-order chi connectivity index (χ0) is 25.9. The van der Waals surface area contributed by atoms with E-state index in [1.807, 2.05) is 7.05 Å². The molecule has 1 aliphatic carbocycles. The van der Waals surface area contributed by atoms with Crippen molar-refractivity contribution in [1.82, 2.24) is 15.6 Å². The van der Waals surface area contributed by atoms with Crippen LogP contribution in [-0.4, -0.2) is 60.0 Å². The van der Waals surface area contributed by atoms with Crippen LogP contribution < -0.4 is 20.7 Å². The molecule has 1 amide bonds. The number of ether oxygens (including phenoxy) is 2. The lowest BCUT2D eigenvalue weighted by Gasteiger charge is -2.48. The van der Waals surface area contributed by atoms with Crippen LogP contribution >= 0.6 is 0 Å². The maximum absolute atomic E-state index is 12.7. The molecule has 3 aliphatic rings. The lowest BCUT2D eigenvalue weighted by atomic mass is 9.72. The average molecular weight is 503 g/mol. The normalized spacial score (nSPS) is 24.4. The molecule has 8 heteroatoms. The predicted octanol–water partition coefficient (Wildman–Crippen LogP) is 3.87. The van der Waals surface area contributed by atoms with E-state index >= 15 is 0 Å². The average Bonchev–Trinajstić information content (AvgIpc) is 3.34. The Morgan fingerprint density at radius 2 is 2.08 bits per heavy atom. The number of carbonyl (C=O) groups excluding carboxylic acids is 1. The van der Waals surface area contributed by atoms with Crippen molar-refractivity contribution >= 4 is 11.7 Å². The van der Waals surface area contributed by atoms with Gasteiger partial charge in [0.2, 0.25) is 5.91 Å². The molecule has 1 saturated heterocycles. The summed E-state index contributed by atoms with van der Waals surface area (Å²) >= 11 is 0. The van der Waals surface area contributed by atoms with Crippen LogP contribution in [-0.2, 0) is 16.0 Å². The first-order chi connectivity index (χ1) is 17.1. The van der Waals surface area contributed by atoms with Crippen LogP contribution in [0.15, 0.2) is 6.07 Å². The van der Waals surface area contributed by atoms with Crippen LogP contribution in [0, 0.1) is 5.41 Å². The number of nitrogens with zero attached hydrogens (tertiary/aromatic N) is 1. The predicted molar refractivity (Wildman–Crippen MR) is 141 cm³/mol. The minimum atomic E-state index is -0.696. The second-order valence-corrected chi connectivity index (χ2v) is 12.1. The summed E-state index contributed by atoms with van der Waals surface area (Å²) < 4.78 is 12.1. The molecule has 1 spiro atoms. The third kappa shape index (κ3) is 6.32. The standard InChI is InChI=1S/C28H46N4O4/c1-6-9-20(32-26(34)23-10-7-13-35-23)22(33)17-30-21-16-28(11-8-12-28)36-24-19(21)14-18(15-27(2,3)4)31-25(24)29-5/h14,20-23,30,33H,6-13,15-17H2,1-5H3,(H,29,31)(H,32,34)/t20-,21-,22+,23+/m0/s1. The maximum Gasteiger partial charge on any atom is 0.249 e. The Bertz CT molecular complexity index is 906. The molecule has 0 bridgehead atoms. The second kappa shape index (κ2) is 11.2. The molecule has 2 fully saturated rings. The fourth-order valence-electron chi connectivity index (χ4n) is 5.71. The van der Waals surface area contributed by atoms with Crippen LogP contribution in [0.5, 0.6) is 5.75 Å². The summed E-state index contributed by atoms with van der Waals surface area (Å²) in [7, 11) is 1.90. The summed E-state index contributed by atoms with van der Waals surface area (Å²) in [6.07, 6.45) is 7.15. The van der Waals surface area contributed by atoms with E-state index in [-0.39, 0.29) is 35.1 Å². The summed E-state index contributed by atoms with van der Waals surface area (Å²) in [4.78, 5) is 17.6. The number of anilines is 1. The van der Waals surface area contributed by atoms with Crippen LogP contribution in [0.3, 0.4) is 0 Å². The van der Waals surface area contributed by atoms with Gasteiger partial charge < -0.3 is 30.5 Å². The van der Waals surface area contributed by atoms with Gasteiger partial charge in [0.1, 0.15) is 11.7 Å². The highest BCUT2D eigenvalue weighted by molar-refractivity contribution is 5.81. The number of hydrogen-bond donors (Lipinski definition) is 4. The zero-order valence-corrected chi connectivity index (χ0v) is 22.8. The summed E-state index contributed by atoms with van der Waals surface area (Å²) in [5, 5.41) is 21.1. The number of amides is 1. The van der Waals surface area contributed by atoms with Gasteiger partial charge in [0.15, 0.2) is 11.6 Å². The molecule has 0 aromatic carbocycles. The monoisotopic (exact) mass is 502 g/mol. The second-order valence-electron chi connectivity index (χ2n) is 12.1. The van der Waals surface area contributed by atoms with Gasteiger partial charge in [0.25, 0.3) is 0 Å². The molecule has 4 N–H and O–H groups in total. The van der Waals surface area contributed by atoms with Gasteiger partial charge in [-0.15, -0.1) is 0 Å². The molecular weight excluding hydrogens is 456 g/mol. The number of aromatic nitrogens is 1. The van der Waals surface area contributed by atoms with Crippen LogP contribution in [0.25, 0.3) is 0 Å². The number of nitrogens with one attached hydrogen (secondary N) is 3. The van der Waals surface area contributed by atoms with Gasteiger partial charge >= 0.3 is 0 Å². The molecule has 202 valence electrons. The van der Waals surface area contributed by atoms with Gasteiger partial charge in [0.05, 0.1) is 12.1 Å². The molecule has 1 aromatic rings. The van der Waals surface area contributed by atoms with Crippen LogP contribution in [0.4, 0.5) is 5.82 Å². The fourth-order valence-corrected chi connectivity index (χ4v) is 5.71. The quantitative estimate of drug-likeness (QED) is 0.385. The first-order valence-corrected chi connectivity index (χ1v) is 13.9. The molecule has 4 atom stereocenters. The van der Waals surface area contributed by atoms with E-state index < -0.39 is 6.10 Å². The number of rotatable bonds is 10. The lowest BCUT2D eigenvalue weighted by molar-refractivity contribution is -0.131. The van der Waals surface area contributed by atoms with Gasteiger partial charge in [-0.2, -0.15) is 0 Å². The number of hydrogen-bond acceptors (Lipinski definition) is 7. The van der Waals surface area contributed by atoms with Gasteiger partial charge in [-0.1, -0.05) is 34.1 Å². The molecule has 1 aromatic heterocycles. The third-order valence-corrected chi connectivity index (χ3v) is 7.73. The Morgan fingerprint density at radius 1 is 1.31 bits per heavy atom. The molecule has 0 radical (unpaired) electrons. The van der Waals surface area contributed by atoms with E-state index in [9.17, 15) is 9.90 Å². The Labute approximate surface area is 216 Å². The molecule has 1 saturated carbocycles. The summed E-state index contributed by atoms with van der Waals surface area (Å²) in [5.74, 6) is 1.52. The lowest BCUT2D eigenvalue weighted by Crippen LogP contribution is -2.52. The summed E-state index contributed by atoms with van der Waals surface area (Å²) in [6.45, 7) is 9.76. The number of carbonyl (C=O) groups is 1. The molecule has 0 unspecified atom stereocenters. The Kier molecular flexibility index (Phi) is 8.47. The highest BCUT2D eigenvalue weighted by Crippen LogP contribution is 2.51. The molecule has 36 heavy (non-hydrogen) atoms. The SMILES string of the molecule is CCC[C@H](NC(=O)[C@H]1CCCO1)[C@H](O)CN[C@H]1CC2(CCC2)Oc2c1cc(CC(C)(C)C)nc2NC. The molecular formula is C28H46N4O4. The van der Waals surface area contributed by atoms with Gasteiger partial charge in [-0.05, 0) is 56.4 Å². The minimum absolute atomic E-state index is 0.0497. The van der Waals surface area contributed by atoms with Crippen molar-refractivity contribution < 1.29 is 19.4 Å². The van der Waals surface area contributed by atoms with Crippen molar-refractivity contribution in [3.05, 3.63) is 17.3 Å². The number of fused-ring (bicyclic) bond motifs is 1. The number of aliphatic hydroxyl groups excluding tert-OH is 1. The highest BCUT2D eigenvalue weighted by atomic mass is 16.5. The number of aliphatic hydroxyl groups is 1. The van der Waals surface area contributed by atoms with E-state index in [4.69, 9.17) is 14.5 Å². The van der Waals surface area contributed by atoms with E-state index in [0.29, 0.717) is 13.2 Å². The molecule has 3 heterocycles. The smallest absolute Gasteiger partial charge is 0.249 e. The van der Waals surface area contributed by atoms with E-state index in [1.165, 1.54) is 6.42 Å². The Balaban J connectivity index is 1.51. The Morgan fingerprint density at radius 3 is 2.67 bits per heavy atom. The summed E-state index contributed by atoms with van der Waals surface area (Å²) in [5.41, 5.74) is 2.10. The topological polar surface area (TPSA) is 105 Å².